The maximum atomic E-state index is 9.42. The van der Waals surface area contributed by atoms with Crippen LogP contribution in [-0.2, 0) is 0 Å². The van der Waals surface area contributed by atoms with Gasteiger partial charge >= 0.3 is 0 Å². The molecule has 0 bridgehead atoms. The second-order valence-electron chi connectivity index (χ2n) is 4.16. The average molecular weight is 207 g/mol. The van der Waals surface area contributed by atoms with Gasteiger partial charge in [0.05, 0.1) is 0 Å². The molecule has 0 radical (unpaired) electrons. The lowest BCUT2D eigenvalue weighted by atomic mass is 10.1. The molecule has 3 nitrogen and oxygen atoms in total. The number of quaternary nitrogens is 1. The Kier molecular flexibility index (Phi) is 3.23. The van der Waals surface area contributed by atoms with Crippen molar-refractivity contribution in [3.05, 3.63) is 29.8 Å². The Morgan fingerprint density at radius 1 is 1.20 bits per heavy atom. The summed E-state index contributed by atoms with van der Waals surface area (Å²) >= 11 is 0. The number of nitrogens with zero attached hydrogens (tertiary/aromatic N) is 1. The highest BCUT2D eigenvalue weighted by atomic mass is 16.3. The van der Waals surface area contributed by atoms with E-state index in [1.165, 1.54) is 24.9 Å². The van der Waals surface area contributed by atoms with Crippen molar-refractivity contribution in [3.63, 3.8) is 0 Å². The van der Waals surface area contributed by atoms with Gasteiger partial charge in [0.2, 0.25) is 6.23 Å². The van der Waals surface area contributed by atoms with Gasteiger partial charge in [0.25, 0.3) is 0 Å². The van der Waals surface area contributed by atoms with E-state index in [4.69, 9.17) is 0 Å². The smallest absolute Gasteiger partial charge is 0.212 e. The number of piperidine rings is 1. The summed E-state index contributed by atoms with van der Waals surface area (Å²) in [6.07, 6.45) is 3.28. The lowest BCUT2D eigenvalue weighted by Crippen LogP contribution is -2.53. The van der Waals surface area contributed by atoms with E-state index in [1.807, 2.05) is 18.2 Å². The first kappa shape index (κ1) is 10.5. The minimum Gasteiger partial charge on any atom is -0.372 e. The lowest BCUT2D eigenvalue weighted by Gasteiger charge is -2.29. The molecule has 0 aromatic heterocycles. The van der Waals surface area contributed by atoms with Gasteiger partial charge in [0.15, 0.2) is 0 Å². The molecule has 15 heavy (non-hydrogen) atoms. The average Bonchev–Trinajstić information content (AvgIpc) is 2.30. The Hall–Kier alpha value is -1.06. The number of hydrogen-bond donors (Lipinski definition) is 2. The van der Waals surface area contributed by atoms with Gasteiger partial charge in [-0.1, -0.05) is 12.1 Å². The Labute approximate surface area is 90.5 Å². The van der Waals surface area contributed by atoms with E-state index >= 15 is 0 Å². The SMILES string of the molecule is [NH3+]C(O)c1cccc(N2CCCCC2)c1. The van der Waals surface area contributed by atoms with E-state index < -0.39 is 6.23 Å². The molecule has 0 saturated carbocycles. The predicted octanol–water partition coefficient (Wildman–Crippen LogP) is 0.910. The van der Waals surface area contributed by atoms with Crippen molar-refractivity contribution >= 4 is 5.69 Å². The fourth-order valence-electron chi connectivity index (χ4n) is 2.08. The molecule has 1 saturated heterocycles. The Bertz CT molecular complexity index is 319. The molecule has 4 N–H and O–H groups in total. The topological polar surface area (TPSA) is 51.1 Å². The van der Waals surface area contributed by atoms with Gasteiger partial charge in [0, 0.05) is 24.3 Å². The van der Waals surface area contributed by atoms with Crippen LogP contribution >= 0.6 is 0 Å². The minimum absolute atomic E-state index is 0.616. The largest absolute Gasteiger partial charge is 0.372 e. The van der Waals surface area contributed by atoms with Crippen LogP contribution in [-0.4, -0.2) is 18.2 Å². The van der Waals surface area contributed by atoms with Crippen LogP contribution in [0.1, 0.15) is 31.1 Å². The number of benzene rings is 1. The highest BCUT2D eigenvalue weighted by Crippen LogP contribution is 2.21. The van der Waals surface area contributed by atoms with Gasteiger partial charge in [-0.15, -0.1) is 0 Å². The van der Waals surface area contributed by atoms with Crippen LogP contribution in [0.4, 0.5) is 5.69 Å². The molecule has 3 heteroatoms. The number of hydrogen-bond acceptors (Lipinski definition) is 2. The van der Waals surface area contributed by atoms with Crippen molar-refractivity contribution in [2.45, 2.75) is 25.5 Å². The summed E-state index contributed by atoms with van der Waals surface area (Å²) in [6.45, 7) is 2.27. The fraction of sp³-hybridized carbons (Fsp3) is 0.500. The first-order chi connectivity index (χ1) is 7.27. The van der Waals surface area contributed by atoms with Crippen LogP contribution in [0, 0.1) is 0 Å². The summed E-state index contributed by atoms with van der Waals surface area (Å²) in [4.78, 5) is 2.38. The quantitative estimate of drug-likeness (QED) is 0.708. The van der Waals surface area contributed by atoms with Crippen molar-refractivity contribution in [1.82, 2.24) is 0 Å². The molecule has 82 valence electrons. The highest BCUT2D eigenvalue weighted by molar-refractivity contribution is 5.49. The maximum Gasteiger partial charge on any atom is 0.212 e. The third-order valence-electron chi connectivity index (χ3n) is 2.98. The van der Waals surface area contributed by atoms with E-state index in [9.17, 15) is 5.11 Å². The van der Waals surface area contributed by atoms with Crippen molar-refractivity contribution in [3.8, 4) is 0 Å². The second kappa shape index (κ2) is 4.64. The highest BCUT2D eigenvalue weighted by Gasteiger charge is 2.12. The molecule has 0 amide bonds. The number of rotatable bonds is 2. The van der Waals surface area contributed by atoms with Crippen molar-refractivity contribution in [2.75, 3.05) is 18.0 Å². The minimum atomic E-state index is -0.616. The first-order valence-corrected chi connectivity index (χ1v) is 5.63. The van der Waals surface area contributed by atoms with Crippen molar-refractivity contribution in [1.29, 1.82) is 0 Å². The zero-order valence-corrected chi connectivity index (χ0v) is 9.02. The Morgan fingerprint density at radius 3 is 2.60 bits per heavy atom. The zero-order chi connectivity index (χ0) is 10.7. The van der Waals surface area contributed by atoms with Gasteiger partial charge in [-0.3, -0.25) is 0 Å². The standard InChI is InChI=1S/C12H18N2O/c13-12(15)10-5-4-6-11(9-10)14-7-2-1-3-8-14/h4-6,9,12,15H,1-3,7-8,13H2/p+1. The summed E-state index contributed by atoms with van der Waals surface area (Å²) in [5.74, 6) is 0. The van der Waals surface area contributed by atoms with Crippen LogP contribution in [0.15, 0.2) is 24.3 Å². The number of aliphatic hydroxyl groups excluding tert-OH is 1. The van der Waals surface area contributed by atoms with Crippen LogP contribution in [0.3, 0.4) is 0 Å². The molecule has 1 aromatic rings. The predicted molar refractivity (Wildman–Crippen MR) is 60.4 cm³/mol. The summed E-state index contributed by atoms with van der Waals surface area (Å²) in [6, 6.07) is 8.07. The third-order valence-corrected chi connectivity index (χ3v) is 2.98. The summed E-state index contributed by atoms with van der Waals surface area (Å²) in [5, 5.41) is 9.42. The summed E-state index contributed by atoms with van der Waals surface area (Å²) in [7, 11) is 0. The molecular formula is C12H19N2O+. The van der Waals surface area contributed by atoms with E-state index in [2.05, 4.69) is 16.7 Å². The molecule has 1 heterocycles. The number of anilines is 1. The Balaban J connectivity index is 2.16. The monoisotopic (exact) mass is 207 g/mol. The molecule has 1 atom stereocenters. The van der Waals surface area contributed by atoms with Crippen molar-refractivity contribution in [2.24, 2.45) is 0 Å². The van der Waals surface area contributed by atoms with E-state index in [0.717, 1.165) is 18.7 Å². The molecule has 1 aromatic carbocycles. The summed E-state index contributed by atoms with van der Waals surface area (Å²) < 4.78 is 0. The Morgan fingerprint density at radius 2 is 1.93 bits per heavy atom. The van der Waals surface area contributed by atoms with E-state index in [0.29, 0.717) is 0 Å². The van der Waals surface area contributed by atoms with Gasteiger partial charge in [0.1, 0.15) is 0 Å². The molecule has 0 aliphatic carbocycles. The van der Waals surface area contributed by atoms with Crippen LogP contribution in [0.25, 0.3) is 0 Å². The zero-order valence-electron chi connectivity index (χ0n) is 9.02. The van der Waals surface area contributed by atoms with Crippen LogP contribution in [0.5, 0.6) is 0 Å². The molecule has 1 aliphatic rings. The van der Waals surface area contributed by atoms with Crippen LogP contribution < -0.4 is 10.6 Å². The molecular weight excluding hydrogens is 188 g/mol. The molecule has 0 spiro atoms. The molecule has 1 fully saturated rings. The molecule has 1 unspecified atom stereocenters. The van der Waals surface area contributed by atoms with Crippen molar-refractivity contribution < 1.29 is 10.8 Å². The normalized spacial score (nSPS) is 18.9. The third kappa shape index (κ3) is 2.49. The van der Waals surface area contributed by atoms with Gasteiger partial charge in [-0.05, 0) is 31.4 Å². The van der Waals surface area contributed by atoms with Crippen LogP contribution in [0.2, 0.25) is 0 Å². The molecule has 2 rings (SSSR count). The lowest BCUT2D eigenvalue weighted by molar-refractivity contribution is -0.490. The first-order valence-electron chi connectivity index (χ1n) is 5.63. The number of aliphatic hydroxyl groups is 1. The summed E-state index contributed by atoms with van der Waals surface area (Å²) in [5.41, 5.74) is 5.75. The van der Waals surface area contributed by atoms with Gasteiger partial charge in [-0.2, -0.15) is 0 Å². The van der Waals surface area contributed by atoms with Gasteiger partial charge in [-0.25, -0.2) is 0 Å². The van der Waals surface area contributed by atoms with E-state index in [1.54, 1.807) is 0 Å². The fourth-order valence-corrected chi connectivity index (χ4v) is 2.08. The van der Waals surface area contributed by atoms with Gasteiger partial charge < -0.3 is 15.7 Å². The molecule has 1 aliphatic heterocycles. The second-order valence-corrected chi connectivity index (χ2v) is 4.16. The van der Waals surface area contributed by atoms with E-state index in [-0.39, 0.29) is 0 Å². The maximum absolute atomic E-state index is 9.42.